The molecule has 6 heteroatoms. The molecular formula is C27H27N3O3. The van der Waals surface area contributed by atoms with Crippen LogP contribution in [0.4, 0.5) is 5.69 Å². The number of aromatic nitrogens is 1. The lowest BCUT2D eigenvalue weighted by Gasteiger charge is -2.40. The molecule has 0 bridgehead atoms. The number of carbonyl (C=O) groups is 2. The second-order valence-electron chi connectivity index (χ2n) is 8.68. The molecule has 2 heterocycles. The third-order valence-corrected chi connectivity index (χ3v) is 6.80. The average Bonchev–Trinajstić information content (AvgIpc) is 3.37. The largest absolute Gasteiger partial charge is 0.366 e. The third-order valence-electron chi connectivity index (χ3n) is 6.80. The standard InChI is InChI=1S/C27H27N3O3/c1-3-19-9-7-8-14-27(19,33)30-17-18(15-25(30)31)26(32)28-20-12-13-24-22(16-20)21-10-5-6-11-23(21)29(24)4-2/h3,5-14,16,18-19,33H,1,4,15,17H2,2H3,(H,28,32). The van der Waals surface area contributed by atoms with Crippen molar-refractivity contribution in [3.8, 4) is 0 Å². The summed E-state index contributed by atoms with van der Waals surface area (Å²) in [4.78, 5) is 27.2. The zero-order valence-corrected chi connectivity index (χ0v) is 18.6. The van der Waals surface area contributed by atoms with E-state index in [1.807, 2.05) is 36.4 Å². The lowest BCUT2D eigenvalue weighted by atomic mass is 9.90. The second kappa shape index (κ2) is 8.05. The molecule has 5 rings (SSSR count). The van der Waals surface area contributed by atoms with Crippen LogP contribution in [0.3, 0.4) is 0 Å². The molecule has 1 aliphatic carbocycles. The first-order valence-electron chi connectivity index (χ1n) is 11.3. The van der Waals surface area contributed by atoms with E-state index in [2.05, 4.69) is 35.5 Å². The second-order valence-corrected chi connectivity index (χ2v) is 8.68. The molecule has 2 aliphatic rings. The summed E-state index contributed by atoms with van der Waals surface area (Å²) in [7, 11) is 0. The number of hydrogen-bond donors (Lipinski definition) is 2. The molecule has 2 N–H and O–H groups in total. The zero-order chi connectivity index (χ0) is 23.2. The molecule has 1 fully saturated rings. The lowest BCUT2D eigenvalue weighted by Crippen LogP contribution is -2.53. The van der Waals surface area contributed by atoms with Gasteiger partial charge in [0.15, 0.2) is 5.72 Å². The normalized spacial score (nSPS) is 24.7. The molecule has 1 aliphatic heterocycles. The van der Waals surface area contributed by atoms with Gasteiger partial charge < -0.3 is 19.9 Å². The first-order valence-corrected chi connectivity index (χ1v) is 11.3. The SMILES string of the molecule is C=CC1C=CC=CC1(O)N1CC(C(=O)Nc2ccc3c(c2)c2ccccc2n3CC)CC1=O. The highest BCUT2D eigenvalue weighted by Crippen LogP contribution is 2.35. The lowest BCUT2D eigenvalue weighted by molar-refractivity contribution is -0.148. The fourth-order valence-electron chi connectivity index (χ4n) is 5.10. The minimum absolute atomic E-state index is 0.0624. The maximum absolute atomic E-state index is 13.1. The fraction of sp³-hybridized carbons (Fsp3) is 0.259. The summed E-state index contributed by atoms with van der Waals surface area (Å²) in [5.41, 5.74) is 1.48. The Bertz CT molecular complexity index is 1340. The van der Waals surface area contributed by atoms with Crippen LogP contribution in [0.2, 0.25) is 0 Å². The highest BCUT2D eigenvalue weighted by molar-refractivity contribution is 6.10. The summed E-state index contributed by atoms with van der Waals surface area (Å²) >= 11 is 0. The van der Waals surface area contributed by atoms with Crippen LogP contribution in [-0.4, -0.2) is 38.7 Å². The predicted molar refractivity (Wildman–Crippen MR) is 130 cm³/mol. The van der Waals surface area contributed by atoms with Crippen molar-refractivity contribution in [1.82, 2.24) is 9.47 Å². The molecule has 6 nitrogen and oxygen atoms in total. The van der Waals surface area contributed by atoms with Crippen molar-refractivity contribution in [3.63, 3.8) is 0 Å². The number of nitrogens with zero attached hydrogens (tertiary/aromatic N) is 2. The monoisotopic (exact) mass is 441 g/mol. The van der Waals surface area contributed by atoms with E-state index in [1.165, 1.54) is 4.90 Å². The summed E-state index contributed by atoms with van der Waals surface area (Å²) in [6.45, 7) is 6.90. The summed E-state index contributed by atoms with van der Waals surface area (Å²) < 4.78 is 2.26. The van der Waals surface area contributed by atoms with E-state index in [0.717, 1.165) is 28.4 Å². The number of carbonyl (C=O) groups excluding carboxylic acids is 2. The van der Waals surface area contributed by atoms with Crippen LogP contribution < -0.4 is 5.32 Å². The molecular weight excluding hydrogens is 414 g/mol. The Balaban J connectivity index is 1.38. The number of allylic oxidation sites excluding steroid dienone is 2. The number of aliphatic hydroxyl groups is 1. The van der Waals surface area contributed by atoms with Gasteiger partial charge in [-0.1, -0.05) is 42.5 Å². The smallest absolute Gasteiger partial charge is 0.229 e. The fourth-order valence-corrected chi connectivity index (χ4v) is 5.10. The van der Waals surface area contributed by atoms with Gasteiger partial charge in [0, 0.05) is 52.9 Å². The molecule has 0 saturated carbocycles. The van der Waals surface area contributed by atoms with Crippen LogP contribution in [0.1, 0.15) is 13.3 Å². The number of rotatable bonds is 5. The molecule has 3 atom stereocenters. The molecule has 3 aromatic rings. The van der Waals surface area contributed by atoms with Crippen molar-refractivity contribution in [3.05, 3.63) is 79.4 Å². The topological polar surface area (TPSA) is 74.6 Å². The Hall–Kier alpha value is -3.64. The highest BCUT2D eigenvalue weighted by atomic mass is 16.3. The Kier molecular flexibility index (Phi) is 5.17. The van der Waals surface area contributed by atoms with E-state index in [4.69, 9.17) is 0 Å². The summed E-state index contributed by atoms with van der Waals surface area (Å²) in [5.74, 6) is -1.44. The number of anilines is 1. The molecule has 0 radical (unpaired) electrons. The minimum Gasteiger partial charge on any atom is -0.366 e. The highest BCUT2D eigenvalue weighted by Gasteiger charge is 2.47. The first-order chi connectivity index (χ1) is 16.0. The Morgan fingerprint density at radius 2 is 2.00 bits per heavy atom. The third kappa shape index (κ3) is 3.38. The van der Waals surface area contributed by atoms with E-state index in [-0.39, 0.29) is 24.8 Å². The number of nitrogens with one attached hydrogen (secondary N) is 1. The quantitative estimate of drug-likeness (QED) is 0.582. The van der Waals surface area contributed by atoms with Gasteiger partial charge in [0.25, 0.3) is 0 Å². The Morgan fingerprint density at radius 1 is 1.21 bits per heavy atom. The van der Waals surface area contributed by atoms with Crippen molar-refractivity contribution in [1.29, 1.82) is 0 Å². The molecule has 33 heavy (non-hydrogen) atoms. The van der Waals surface area contributed by atoms with Crippen LogP contribution in [0.5, 0.6) is 0 Å². The van der Waals surface area contributed by atoms with E-state index >= 15 is 0 Å². The predicted octanol–water partition coefficient (Wildman–Crippen LogP) is 4.22. The van der Waals surface area contributed by atoms with Gasteiger partial charge in [-0.05, 0) is 37.3 Å². The number of fused-ring (bicyclic) bond motifs is 3. The Labute approximate surface area is 192 Å². The van der Waals surface area contributed by atoms with Gasteiger partial charge in [-0.25, -0.2) is 0 Å². The van der Waals surface area contributed by atoms with E-state index in [9.17, 15) is 14.7 Å². The van der Waals surface area contributed by atoms with Gasteiger partial charge >= 0.3 is 0 Å². The number of hydrogen-bond acceptors (Lipinski definition) is 3. The van der Waals surface area contributed by atoms with Gasteiger partial charge in [0.05, 0.1) is 5.92 Å². The van der Waals surface area contributed by atoms with E-state index in [1.54, 1.807) is 24.3 Å². The Morgan fingerprint density at radius 3 is 2.79 bits per heavy atom. The van der Waals surface area contributed by atoms with E-state index in [0.29, 0.717) is 5.69 Å². The van der Waals surface area contributed by atoms with Gasteiger partial charge in [0.2, 0.25) is 11.8 Å². The van der Waals surface area contributed by atoms with Gasteiger partial charge in [-0.15, -0.1) is 6.58 Å². The number of benzene rings is 2. The maximum atomic E-state index is 13.1. The first kappa shape index (κ1) is 21.2. The molecule has 1 saturated heterocycles. The van der Waals surface area contributed by atoms with Crippen LogP contribution >= 0.6 is 0 Å². The van der Waals surface area contributed by atoms with Gasteiger partial charge in [-0.2, -0.15) is 0 Å². The summed E-state index contributed by atoms with van der Waals surface area (Å²) in [6, 6.07) is 14.2. The van der Waals surface area contributed by atoms with E-state index < -0.39 is 17.6 Å². The van der Waals surface area contributed by atoms with Crippen molar-refractivity contribution >= 4 is 39.3 Å². The zero-order valence-electron chi connectivity index (χ0n) is 18.6. The maximum Gasteiger partial charge on any atom is 0.229 e. The number of likely N-dealkylation sites (tertiary alicyclic amines) is 1. The van der Waals surface area contributed by atoms with Gasteiger partial charge in [0.1, 0.15) is 0 Å². The summed E-state index contributed by atoms with van der Waals surface area (Å²) in [5, 5.41) is 16.4. The van der Waals surface area contributed by atoms with Crippen molar-refractivity contribution < 1.29 is 14.7 Å². The average molecular weight is 442 g/mol. The molecule has 168 valence electrons. The van der Waals surface area contributed by atoms with Crippen molar-refractivity contribution in [2.45, 2.75) is 25.6 Å². The molecule has 2 amide bonds. The summed E-state index contributed by atoms with van der Waals surface area (Å²) in [6.07, 6.45) is 8.60. The van der Waals surface area contributed by atoms with Gasteiger partial charge in [-0.3, -0.25) is 9.59 Å². The number of amides is 2. The van der Waals surface area contributed by atoms with Crippen molar-refractivity contribution in [2.24, 2.45) is 11.8 Å². The minimum atomic E-state index is -1.50. The number of aryl methyl sites for hydroxylation is 1. The molecule has 1 aromatic heterocycles. The van der Waals surface area contributed by atoms with Crippen LogP contribution in [0.25, 0.3) is 21.8 Å². The van der Waals surface area contributed by atoms with Crippen LogP contribution in [0, 0.1) is 11.8 Å². The molecule has 2 aromatic carbocycles. The number of para-hydroxylation sites is 1. The van der Waals surface area contributed by atoms with Crippen molar-refractivity contribution in [2.75, 3.05) is 11.9 Å². The molecule has 3 unspecified atom stereocenters. The molecule has 0 spiro atoms. The van der Waals surface area contributed by atoms with Crippen LogP contribution in [-0.2, 0) is 16.1 Å². The van der Waals surface area contributed by atoms with Crippen LogP contribution in [0.15, 0.2) is 79.4 Å².